The zero-order chi connectivity index (χ0) is 21.5. The molecule has 0 spiro atoms. The highest BCUT2D eigenvalue weighted by atomic mass is 16.3. The Labute approximate surface area is 176 Å². The molecule has 30 heavy (non-hydrogen) atoms. The van der Waals surface area contributed by atoms with Crippen LogP contribution in [-0.2, 0) is 16.1 Å². The van der Waals surface area contributed by atoms with Crippen molar-refractivity contribution < 1.29 is 18.8 Å². The number of rotatable bonds is 8. The van der Waals surface area contributed by atoms with Crippen molar-refractivity contribution in [3.8, 4) is 0 Å². The van der Waals surface area contributed by atoms with Gasteiger partial charge in [0.05, 0.1) is 6.26 Å². The lowest BCUT2D eigenvalue weighted by molar-refractivity contribution is -0.140. The van der Waals surface area contributed by atoms with Crippen LogP contribution in [0.25, 0.3) is 0 Å². The van der Waals surface area contributed by atoms with E-state index in [4.69, 9.17) is 4.42 Å². The molecule has 1 aromatic carbocycles. The fourth-order valence-electron chi connectivity index (χ4n) is 3.74. The molecule has 3 amide bonds. The monoisotopic (exact) mass is 411 g/mol. The van der Waals surface area contributed by atoms with Crippen LogP contribution in [0.2, 0.25) is 0 Å². The molecule has 2 atom stereocenters. The van der Waals surface area contributed by atoms with E-state index in [1.807, 2.05) is 44.2 Å². The summed E-state index contributed by atoms with van der Waals surface area (Å²) >= 11 is 0. The predicted molar refractivity (Wildman–Crippen MR) is 112 cm³/mol. The van der Waals surface area contributed by atoms with Crippen molar-refractivity contribution in [2.45, 2.75) is 51.7 Å². The molecule has 0 unspecified atom stereocenters. The zero-order valence-electron chi connectivity index (χ0n) is 17.5. The van der Waals surface area contributed by atoms with E-state index in [0.29, 0.717) is 25.9 Å². The molecule has 1 aliphatic rings. The van der Waals surface area contributed by atoms with Crippen LogP contribution in [0, 0.1) is 5.92 Å². The third-order valence-electron chi connectivity index (χ3n) is 5.20. The van der Waals surface area contributed by atoms with E-state index in [-0.39, 0.29) is 23.5 Å². The molecule has 7 heteroatoms. The predicted octanol–water partition coefficient (Wildman–Crippen LogP) is 2.73. The Balaban J connectivity index is 1.66. The number of carbonyl (C=O) groups excluding carboxylic acids is 3. The summed E-state index contributed by atoms with van der Waals surface area (Å²) in [5.41, 5.74) is 1.00. The first-order valence-corrected chi connectivity index (χ1v) is 10.4. The molecule has 0 aliphatic carbocycles. The van der Waals surface area contributed by atoms with Gasteiger partial charge >= 0.3 is 0 Å². The molecule has 160 valence electrons. The molecule has 7 nitrogen and oxygen atoms in total. The lowest BCUT2D eigenvalue weighted by Gasteiger charge is -2.29. The van der Waals surface area contributed by atoms with E-state index in [1.165, 1.54) is 6.26 Å². The third-order valence-corrected chi connectivity index (χ3v) is 5.20. The first-order chi connectivity index (χ1) is 14.5. The van der Waals surface area contributed by atoms with E-state index in [2.05, 4.69) is 10.6 Å². The van der Waals surface area contributed by atoms with E-state index >= 15 is 0 Å². The number of benzene rings is 1. The summed E-state index contributed by atoms with van der Waals surface area (Å²) in [5.74, 6) is -0.450. The highest BCUT2D eigenvalue weighted by Gasteiger charge is 2.37. The molecule has 2 heterocycles. The van der Waals surface area contributed by atoms with Crippen LogP contribution >= 0.6 is 0 Å². The maximum absolute atomic E-state index is 13.3. The molecular formula is C23H29N3O4. The summed E-state index contributed by atoms with van der Waals surface area (Å²) in [5, 5.41) is 5.72. The maximum atomic E-state index is 13.3. The topological polar surface area (TPSA) is 91.7 Å². The molecule has 2 N–H and O–H groups in total. The summed E-state index contributed by atoms with van der Waals surface area (Å²) < 4.78 is 5.14. The lowest BCUT2D eigenvalue weighted by Crippen LogP contribution is -2.53. The lowest BCUT2D eigenvalue weighted by atomic mass is 10.0. The number of carbonyl (C=O) groups is 3. The Bertz CT molecular complexity index is 849. The quantitative estimate of drug-likeness (QED) is 0.699. The number of hydrogen-bond donors (Lipinski definition) is 2. The summed E-state index contributed by atoms with van der Waals surface area (Å²) in [7, 11) is 0. The van der Waals surface area contributed by atoms with E-state index < -0.39 is 18.0 Å². The van der Waals surface area contributed by atoms with Crippen LogP contribution in [0.4, 0.5) is 0 Å². The van der Waals surface area contributed by atoms with Gasteiger partial charge < -0.3 is 20.0 Å². The minimum absolute atomic E-state index is 0.162. The average Bonchev–Trinajstić information content (AvgIpc) is 3.43. The second-order valence-electron chi connectivity index (χ2n) is 8.03. The van der Waals surface area contributed by atoms with Gasteiger partial charge in [-0.3, -0.25) is 14.4 Å². The van der Waals surface area contributed by atoms with E-state index in [0.717, 1.165) is 12.0 Å². The van der Waals surface area contributed by atoms with E-state index in [1.54, 1.807) is 17.0 Å². The summed E-state index contributed by atoms with van der Waals surface area (Å²) in [6.45, 7) is 4.91. The minimum Gasteiger partial charge on any atom is -0.459 e. The molecule has 1 saturated heterocycles. The summed E-state index contributed by atoms with van der Waals surface area (Å²) in [6.07, 6.45) is 3.28. The van der Waals surface area contributed by atoms with Crippen LogP contribution in [0.1, 0.15) is 49.2 Å². The number of nitrogens with one attached hydrogen (secondary N) is 2. The van der Waals surface area contributed by atoms with Gasteiger partial charge in [0, 0.05) is 13.1 Å². The maximum Gasteiger partial charge on any atom is 0.287 e. The number of hydrogen-bond acceptors (Lipinski definition) is 4. The van der Waals surface area contributed by atoms with E-state index in [9.17, 15) is 14.4 Å². The molecule has 1 fully saturated rings. The van der Waals surface area contributed by atoms with Crippen molar-refractivity contribution in [3.05, 3.63) is 60.1 Å². The van der Waals surface area contributed by atoms with Gasteiger partial charge in [-0.05, 0) is 42.9 Å². The first kappa shape index (κ1) is 21.6. The van der Waals surface area contributed by atoms with Crippen molar-refractivity contribution in [1.82, 2.24) is 15.5 Å². The highest BCUT2D eigenvalue weighted by molar-refractivity contribution is 5.96. The Hall–Kier alpha value is -3.09. The molecule has 0 saturated carbocycles. The molecular weight excluding hydrogens is 382 g/mol. The van der Waals surface area contributed by atoms with Crippen molar-refractivity contribution in [2.75, 3.05) is 6.54 Å². The Morgan fingerprint density at radius 1 is 1.13 bits per heavy atom. The van der Waals surface area contributed by atoms with Gasteiger partial charge in [0.25, 0.3) is 5.91 Å². The number of amides is 3. The van der Waals surface area contributed by atoms with Gasteiger partial charge in [0.2, 0.25) is 11.8 Å². The first-order valence-electron chi connectivity index (χ1n) is 10.4. The standard InChI is InChI=1S/C23H29N3O4/c1-16(2)14-18(25-22(28)20-11-7-13-30-20)23(29)26-12-6-10-19(26)21(27)24-15-17-8-4-3-5-9-17/h3-5,7-9,11,13,16,18-19H,6,10,12,14-15H2,1-2H3,(H,24,27)(H,25,28)/t18-,19-/m0/s1. The SMILES string of the molecule is CC(C)C[C@H](NC(=O)c1ccco1)C(=O)N1CCC[C@H]1C(=O)NCc1ccccc1. The Kier molecular flexibility index (Phi) is 7.27. The van der Waals surface area contributed by atoms with Crippen LogP contribution in [0.3, 0.4) is 0 Å². The van der Waals surface area contributed by atoms with Gasteiger partial charge in [0.15, 0.2) is 5.76 Å². The van der Waals surface area contributed by atoms with Gasteiger partial charge in [0.1, 0.15) is 12.1 Å². The van der Waals surface area contributed by atoms with Crippen LogP contribution in [0.5, 0.6) is 0 Å². The second kappa shape index (κ2) is 10.1. The fraction of sp³-hybridized carbons (Fsp3) is 0.435. The van der Waals surface area contributed by atoms with Gasteiger partial charge in [-0.2, -0.15) is 0 Å². The van der Waals surface area contributed by atoms with Crippen molar-refractivity contribution in [2.24, 2.45) is 5.92 Å². The molecule has 1 aliphatic heterocycles. The van der Waals surface area contributed by atoms with Crippen molar-refractivity contribution >= 4 is 17.7 Å². The van der Waals surface area contributed by atoms with Gasteiger partial charge in [-0.25, -0.2) is 0 Å². The minimum atomic E-state index is -0.704. The van der Waals surface area contributed by atoms with Gasteiger partial charge in [-0.1, -0.05) is 44.2 Å². The molecule has 1 aromatic heterocycles. The largest absolute Gasteiger partial charge is 0.459 e. The Morgan fingerprint density at radius 3 is 2.57 bits per heavy atom. The van der Waals surface area contributed by atoms with Crippen LogP contribution in [-0.4, -0.2) is 41.2 Å². The number of furan rings is 1. The zero-order valence-corrected chi connectivity index (χ0v) is 17.5. The highest BCUT2D eigenvalue weighted by Crippen LogP contribution is 2.21. The van der Waals surface area contributed by atoms with Gasteiger partial charge in [-0.15, -0.1) is 0 Å². The molecule has 3 rings (SSSR count). The van der Waals surface area contributed by atoms with Crippen molar-refractivity contribution in [3.63, 3.8) is 0 Å². The van der Waals surface area contributed by atoms with Crippen LogP contribution in [0.15, 0.2) is 53.1 Å². The van der Waals surface area contributed by atoms with Crippen molar-refractivity contribution in [1.29, 1.82) is 0 Å². The third kappa shape index (κ3) is 5.49. The average molecular weight is 412 g/mol. The van der Waals surface area contributed by atoms with Crippen LogP contribution < -0.4 is 10.6 Å². The summed E-state index contributed by atoms with van der Waals surface area (Å²) in [6, 6.07) is 11.6. The number of nitrogens with zero attached hydrogens (tertiary/aromatic N) is 1. The normalized spacial score (nSPS) is 17.0. The fourth-order valence-corrected chi connectivity index (χ4v) is 3.74. The molecule has 0 radical (unpaired) electrons. The second-order valence-corrected chi connectivity index (χ2v) is 8.03. The number of likely N-dealkylation sites (tertiary alicyclic amines) is 1. The molecule has 2 aromatic rings. The summed E-state index contributed by atoms with van der Waals surface area (Å²) in [4.78, 5) is 40.1. The Morgan fingerprint density at radius 2 is 1.90 bits per heavy atom. The smallest absolute Gasteiger partial charge is 0.287 e. The molecule has 0 bridgehead atoms.